The van der Waals surface area contributed by atoms with Crippen molar-refractivity contribution < 1.29 is 9.47 Å². The van der Waals surface area contributed by atoms with Crippen molar-refractivity contribution in [3.05, 3.63) is 18.7 Å². The molecule has 0 bridgehead atoms. The normalized spacial score (nSPS) is 10.1. The van der Waals surface area contributed by atoms with Crippen LogP contribution in [-0.2, 0) is 7.05 Å². The molecule has 16 heavy (non-hydrogen) atoms. The zero-order chi connectivity index (χ0) is 11.5. The predicted molar refractivity (Wildman–Crippen MR) is 56.3 cm³/mol. The smallest absolute Gasteiger partial charge is 0.268 e. The second kappa shape index (κ2) is 4.05. The number of nitrogen functional groups attached to an aromatic ring is 1. The van der Waals surface area contributed by atoms with Crippen molar-refractivity contribution >= 4 is 5.82 Å². The highest BCUT2D eigenvalue weighted by Crippen LogP contribution is 2.31. The van der Waals surface area contributed by atoms with Crippen LogP contribution in [0.15, 0.2) is 18.7 Å². The first-order chi connectivity index (χ1) is 7.70. The van der Waals surface area contributed by atoms with Crippen LogP contribution in [0.5, 0.6) is 17.4 Å². The molecule has 0 aromatic carbocycles. The zero-order valence-corrected chi connectivity index (χ0v) is 8.91. The maximum absolute atomic E-state index is 5.61. The number of rotatable bonds is 3. The Kier molecular flexibility index (Phi) is 2.59. The third-order valence-electron chi connectivity index (χ3n) is 1.90. The molecule has 0 saturated carbocycles. The minimum Gasteiger partial charge on any atom is -0.489 e. The van der Waals surface area contributed by atoms with E-state index in [1.54, 1.807) is 24.1 Å². The van der Waals surface area contributed by atoms with Gasteiger partial charge in [-0.15, -0.1) is 0 Å². The molecule has 0 amide bonds. The van der Waals surface area contributed by atoms with Crippen molar-refractivity contribution in [2.24, 2.45) is 7.05 Å². The molecule has 7 heteroatoms. The van der Waals surface area contributed by atoms with E-state index in [0.717, 1.165) is 0 Å². The van der Waals surface area contributed by atoms with Gasteiger partial charge in [0.15, 0.2) is 11.6 Å². The Morgan fingerprint density at radius 2 is 2.19 bits per heavy atom. The van der Waals surface area contributed by atoms with Gasteiger partial charge in [0.05, 0.1) is 19.5 Å². The quantitative estimate of drug-likeness (QED) is 0.816. The number of aryl methyl sites for hydroxylation is 1. The molecule has 84 valence electrons. The minimum atomic E-state index is 0.233. The van der Waals surface area contributed by atoms with Gasteiger partial charge in [-0.2, -0.15) is 10.1 Å². The summed E-state index contributed by atoms with van der Waals surface area (Å²) in [4.78, 5) is 7.74. The van der Waals surface area contributed by atoms with E-state index in [0.29, 0.717) is 11.5 Å². The van der Waals surface area contributed by atoms with Crippen LogP contribution in [0.3, 0.4) is 0 Å². The first-order valence-electron chi connectivity index (χ1n) is 4.51. The standard InChI is InChI=1S/C9H11N5O2/c1-14-4-6(3-13-14)16-9-7(15-2)8(10)11-5-12-9/h3-5H,1-2H3,(H2,10,11,12). The fraction of sp³-hybridized carbons (Fsp3) is 0.222. The molecule has 7 nitrogen and oxygen atoms in total. The Labute approximate surface area is 91.8 Å². The van der Waals surface area contributed by atoms with E-state index in [1.807, 2.05) is 0 Å². The summed E-state index contributed by atoms with van der Waals surface area (Å²) in [5.74, 6) is 1.37. The first-order valence-corrected chi connectivity index (χ1v) is 4.51. The molecule has 2 heterocycles. The third-order valence-corrected chi connectivity index (χ3v) is 1.90. The molecule has 2 N–H and O–H groups in total. The molecular weight excluding hydrogens is 210 g/mol. The Hall–Kier alpha value is -2.31. The molecule has 0 spiro atoms. The van der Waals surface area contributed by atoms with E-state index >= 15 is 0 Å². The summed E-state index contributed by atoms with van der Waals surface area (Å²) in [5.41, 5.74) is 5.61. The van der Waals surface area contributed by atoms with Gasteiger partial charge in [-0.1, -0.05) is 0 Å². The summed E-state index contributed by atoms with van der Waals surface area (Å²) >= 11 is 0. The largest absolute Gasteiger partial charge is 0.489 e. The van der Waals surface area contributed by atoms with Gasteiger partial charge in [-0.3, -0.25) is 4.68 Å². The van der Waals surface area contributed by atoms with Crippen LogP contribution in [0.25, 0.3) is 0 Å². The van der Waals surface area contributed by atoms with Crippen LogP contribution < -0.4 is 15.2 Å². The maximum atomic E-state index is 5.61. The summed E-state index contributed by atoms with van der Waals surface area (Å²) in [6.07, 6.45) is 4.58. The van der Waals surface area contributed by atoms with Gasteiger partial charge in [0.25, 0.3) is 5.88 Å². The number of ether oxygens (including phenoxy) is 2. The van der Waals surface area contributed by atoms with Crippen molar-refractivity contribution in [3.8, 4) is 17.4 Å². The predicted octanol–water partition coefficient (Wildman–Crippen LogP) is 0.593. The minimum absolute atomic E-state index is 0.233. The molecule has 0 fully saturated rings. The molecule has 0 radical (unpaired) electrons. The van der Waals surface area contributed by atoms with E-state index in [-0.39, 0.29) is 11.7 Å². The van der Waals surface area contributed by atoms with Crippen molar-refractivity contribution in [2.75, 3.05) is 12.8 Å². The average Bonchev–Trinajstić information content (AvgIpc) is 2.64. The van der Waals surface area contributed by atoms with E-state index in [2.05, 4.69) is 15.1 Å². The van der Waals surface area contributed by atoms with Crippen molar-refractivity contribution in [2.45, 2.75) is 0 Å². The van der Waals surface area contributed by atoms with Gasteiger partial charge in [-0.25, -0.2) is 4.98 Å². The van der Waals surface area contributed by atoms with E-state index in [1.165, 1.54) is 13.4 Å². The molecule has 2 aromatic heterocycles. The van der Waals surface area contributed by atoms with Crippen molar-refractivity contribution in [3.63, 3.8) is 0 Å². The summed E-state index contributed by atoms with van der Waals surface area (Å²) in [5, 5.41) is 3.97. The number of methoxy groups -OCH3 is 1. The van der Waals surface area contributed by atoms with Gasteiger partial charge in [0, 0.05) is 7.05 Å². The highest BCUT2D eigenvalue weighted by atomic mass is 16.5. The molecule has 2 rings (SSSR count). The fourth-order valence-electron chi connectivity index (χ4n) is 1.20. The fourth-order valence-corrected chi connectivity index (χ4v) is 1.20. The van der Waals surface area contributed by atoms with E-state index in [9.17, 15) is 0 Å². The number of hydrogen-bond acceptors (Lipinski definition) is 6. The van der Waals surface area contributed by atoms with E-state index < -0.39 is 0 Å². The molecule has 0 aliphatic carbocycles. The van der Waals surface area contributed by atoms with Crippen molar-refractivity contribution in [1.82, 2.24) is 19.7 Å². The van der Waals surface area contributed by atoms with Crippen LogP contribution in [0.4, 0.5) is 5.82 Å². The first kappa shape index (κ1) is 10.2. The molecular formula is C9H11N5O2. The SMILES string of the molecule is COc1c(N)ncnc1Oc1cnn(C)c1. The monoisotopic (exact) mass is 221 g/mol. The second-order valence-corrected chi connectivity index (χ2v) is 3.05. The van der Waals surface area contributed by atoms with Crippen LogP contribution in [0, 0.1) is 0 Å². The van der Waals surface area contributed by atoms with Gasteiger partial charge >= 0.3 is 0 Å². The van der Waals surface area contributed by atoms with E-state index in [4.69, 9.17) is 15.2 Å². The highest BCUT2D eigenvalue weighted by Gasteiger charge is 2.12. The molecule has 0 saturated heterocycles. The molecule has 0 aliphatic heterocycles. The molecule has 0 atom stereocenters. The summed E-state index contributed by atoms with van der Waals surface area (Å²) in [6, 6.07) is 0. The lowest BCUT2D eigenvalue weighted by Crippen LogP contribution is -1.99. The maximum Gasteiger partial charge on any atom is 0.268 e. The zero-order valence-electron chi connectivity index (χ0n) is 8.91. The van der Waals surface area contributed by atoms with Gasteiger partial charge in [-0.05, 0) is 0 Å². The van der Waals surface area contributed by atoms with Gasteiger partial charge in [0.1, 0.15) is 6.33 Å². The number of aromatic nitrogens is 4. The lowest BCUT2D eigenvalue weighted by Gasteiger charge is -2.07. The third kappa shape index (κ3) is 1.88. The molecule has 0 unspecified atom stereocenters. The number of nitrogens with zero attached hydrogens (tertiary/aromatic N) is 4. The van der Waals surface area contributed by atoms with Gasteiger partial charge < -0.3 is 15.2 Å². The van der Waals surface area contributed by atoms with Crippen LogP contribution in [0.1, 0.15) is 0 Å². The van der Waals surface area contributed by atoms with Crippen LogP contribution >= 0.6 is 0 Å². The molecule has 0 aliphatic rings. The van der Waals surface area contributed by atoms with Crippen molar-refractivity contribution in [1.29, 1.82) is 0 Å². The number of anilines is 1. The Morgan fingerprint density at radius 1 is 1.38 bits per heavy atom. The summed E-state index contributed by atoms with van der Waals surface area (Å²) < 4.78 is 12.1. The van der Waals surface area contributed by atoms with Crippen LogP contribution in [-0.4, -0.2) is 26.9 Å². The number of hydrogen-bond donors (Lipinski definition) is 1. The number of nitrogens with two attached hydrogens (primary N) is 1. The average molecular weight is 221 g/mol. The highest BCUT2D eigenvalue weighted by molar-refractivity contribution is 5.52. The Morgan fingerprint density at radius 3 is 2.81 bits per heavy atom. The molecule has 2 aromatic rings. The summed E-state index contributed by atoms with van der Waals surface area (Å²) in [7, 11) is 3.27. The van der Waals surface area contributed by atoms with Gasteiger partial charge in [0.2, 0.25) is 5.75 Å². The van der Waals surface area contributed by atoms with Crippen LogP contribution in [0.2, 0.25) is 0 Å². The summed E-state index contributed by atoms with van der Waals surface area (Å²) in [6.45, 7) is 0. The Balaban J connectivity index is 2.30. The topological polar surface area (TPSA) is 88.1 Å². The second-order valence-electron chi connectivity index (χ2n) is 3.05. The lowest BCUT2D eigenvalue weighted by molar-refractivity contribution is 0.369. The lowest BCUT2D eigenvalue weighted by atomic mass is 10.5. The Bertz CT molecular complexity index is 496.